The Morgan fingerprint density at radius 3 is 2.50 bits per heavy atom. The van der Waals surface area contributed by atoms with Gasteiger partial charge in [-0.2, -0.15) is 5.10 Å². The van der Waals surface area contributed by atoms with Crippen LogP contribution < -0.4 is 5.43 Å². The van der Waals surface area contributed by atoms with Crippen molar-refractivity contribution in [2.45, 2.75) is 20.4 Å². The van der Waals surface area contributed by atoms with E-state index in [2.05, 4.69) is 21.2 Å². The summed E-state index contributed by atoms with van der Waals surface area (Å²) >= 11 is 18.5. The number of rotatable bonds is 5. The van der Waals surface area contributed by atoms with E-state index in [0.717, 1.165) is 33.2 Å². The van der Waals surface area contributed by atoms with Crippen LogP contribution in [0.25, 0.3) is 5.69 Å². The molecule has 0 saturated carbocycles. The van der Waals surface area contributed by atoms with Gasteiger partial charge in [0.1, 0.15) is 0 Å². The highest BCUT2D eigenvalue weighted by Gasteiger charge is 2.12. The van der Waals surface area contributed by atoms with Gasteiger partial charge >= 0.3 is 0 Å². The molecular formula is C20H18Cl3N3. The molecule has 0 aliphatic heterocycles. The van der Waals surface area contributed by atoms with E-state index < -0.39 is 0 Å². The molecule has 134 valence electrons. The summed E-state index contributed by atoms with van der Waals surface area (Å²) in [5.74, 6) is 0. The summed E-state index contributed by atoms with van der Waals surface area (Å²) in [6, 6.07) is 15.3. The maximum Gasteiger partial charge on any atom is 0.0661 e. The van der Waals surface area contributed by atoms with Crippen molar-refractivity contribution in [3.05, 3.63) is 86.1 Å². The Kier molecular flexibility index (Phi) is 5.92. The average Bonchev–Trinajstić information content (AvgIpc) is 2.88. The van der Waals surface area contributed by atoms with Crippen molar-refractivity contribution in [3.63, 3.8) is 0 Å². The molecule has 1 N–H and O–H groups in total. The van der Waals surface area contributed by atoms with E-state index in [1.165, 1.54) is 0 Å². The van der Waals surface area contributed by atoms with Gasteiger partial charge in [0.2, 0.25) is 0 Å². The Balaban J connectivity index is 1.78. The molecule has 3 rings (SSSR count). The van der Waals surface area contributed by atoms with Crippen LogP contribution in [0.5, 0.6) is 0 Å². The second-order valence-corrected chi connectivity index (χ2v) is 7.19. The van der Waals surface area contributed by atoms with Crippen molar-refractivity contribution in [2.24, 2.45) is 5.10 Å². The minimum atomic E-state index is 0.567. The molecule has 0 aliphatic rings. The van der Waals surface area contributed by atoms with Crippen molar-refractivity contribution in [1.82, 2.24) is 9.99 Å². The highest BCUT2D eigenvalue weighted by molar-refractivity contribution is 6.35. The maximum atomic E-state index is 6.36. The monoisotopic (exact) mass is 405 g/mol. The second-order valence-electron chi connectivity index (χ2n) is 5.94. The molecule has 0 unspecified atom stereocenters. The Bertz CT molecular complexity index is 961. The minimum Gasteiger partial charge on any atom is -0.316 e. The molecule has 0 bridgehead atoms. The summed E-state index contributed by atoms with van der Waals surface area (Å²) < 4.78 is 2.09. The molecule has 3 nitrogen and oxygen atoms in total. The van der Waals surface area contributed by atoms with Gasteiger partial charge < -0.3 is 9.99 Å². The lowest BCUT2D eigenvalue weighted by molar-refractivity contribution is 0.748. The topological polar surface area (TPSA) is 29.3 Å². The van der Waals surface area contributed by atoms with Gasteiger partial charge in [-0.05, 0) is 49.7 Å². The van der Waals surface area contributed by atoms with E-state index in [1.54, 1.807) is 12.3 Å². The molecular weight excluding hydrogens is 389 g/mol. The van der Waals surface area contributed by atoms with Crippen molar-refractivity contribution in [3.8, 4) is 5.69 Å². The summed E-state index contributed by atoms with van der Waals surface area (Å²) in [4.78, 5) is 0. The summed E-state index contributed by atoms with van der Waals surface area (Å²) in [5, 5.41) is 6.28. The number of nitrogens with one attached hydrogen (secondary N) is 1. The average molecular weight is 407 g/mol. The standard InChI is InChI=1S/C20H18Cl3N3/c1-13-9-16(12-25-24-11-15-5-3-4-6-18(15)22)14(2)26(13)20-8-7-17(21)10-19(20)23/h3-10,12,24H,11H2,1-2H3/b25-12-. The molecule has 0 radical (unpaired) electrons. The Labute approximate surface area is 168 Å². The molecule has 0 amide bonds. The summed E-state index contributed by atoms with van der Waals surface area (Å²) in [6.07, 6.45) is 1.81. The van der Waals surface area contributed by atoms with Gasteiger partial charge in [0.25, 0.3) is 0 Å². The van der Waals surface area contributed by atoms with Crippen LogP contribution in [0.2, 0.25) is 15.1 Å². The van der Waals surface area contributed by atoms with Gasteiger partial charge in [-0.25, -0.2) is 0 Å². The van der Waals surface area contributed by atoms with Crippen LogP contribution in [-0.4, -0.2) is 10.8 Å². The van der Waals surface area contributed by atoms with Gasteiger partial charge in [-0.3, -0.25) is 0 Å². The third-order valence-electron chi connectivity index (χ3n) is 4.14. The van der Waals surface area contributed by atoms with Crippen LogP contribution >= 0.6 is 34.8 Å². The Morgan fingerprint density at radius 2 is 1.77 bits per heavy atom. The third-order valence-corrected chi connectivity index (χ3v) is 5.05. The number of benzene rings is 2. The van der Waals surface area contributed by atoms with Crippen LogP contribution in [0.15, 0.2) is 53.6 Å². The Morgan fingerprint density at radius 1 is 1.00 bits per heavy atom. The molecule has 0 spiro atoms. The summed E-state index contributed by atoms with van der Waals surface area (Å²) in [6.45, 7) is 4.64. The molecule has 2 aromatic carbocycles. The van der Waals surface area contributed by atoms with E-state index >= 15 is 0 Å². The van der Waals surface area contributed by atoms with Gasteiger partial charge in [0, 0.05) is 27.0 Å². The molecule has 1 heterocycles. The Hall–Kier alpha value is -1.94. The highest BCUT2D eigenvalue weighted by Crippen LogP contribution is 2.28. The fraction of sp³-hybridized carbons (Fsp3) is 0.150. The molecule has 0 aliphatic carbocycles. The first-order chi connectivity index (χ1) is 12.5. The van der Waals surface area contributed by atoms with Crippen LogP contribution in [-0.2, 0) is 6.54 Å². The smallest absolute Gasteiger partial charge is 0.0661 e. The molecule has 0 saturated heterocycles. The predicted octanol–water partition coefficient (Wildman–Crippen LogP) is 6.18. The van der Waals surface area contributed by atoms with E-state index in [0.29, 0.717) is 16.6 Å². The van der Waals surface area contributed by atoms with Gasteiger partial charge in [-0.15, -0.1) is 0 Å². The molecule has 0 fully saturated rings. The van der Waals surface area contributed by atoms with Crippen LogP contribution in [0, 0.1) is 13.8 Å². The number of nitrogens with zero attached hydrogens (tertiary/aromatic N) is 2. The van der Waals surface area contributed by atoms with Crippen LogP contribution in [0.3, 0.4) is 0 Å². The third kappa shape index (κ3) is 4.07. The van der Waals surface area contributed by atoms with Crippen LogP contribution in [0.1, 0.15) is 22.5 Å². The highest BCUT2D eigenvalue weighted by atomic mass is 35.5. The maximum absolute atomic E-state index is 6.36. The number of halogens is 3. The lowest BCUT2D eigenvalue weighted by atomic mass is 10.2. The van der Waals surface area contributed by atoms with Gasteiger partial charge in [-0.1, -0.05) is 53.0 Å². The number of hydrogen-bond donors (Lipinski definition) is 1. The summed E-state index contributed by atoms with van der Waals surface area (Å²) in [5.41, 5.74) is 8.07. The van der Waals surface area contributed by atoms with E-state index in [-0.39, 0.29) is 0 Å². The quantitative estimate of drug-likeness (QED) is 0.398. The van der Waals surface area contributed by atoms with Crippen molar-refractivity contribution in [2.75, 3.05) is 0 Å². The zero-order valence-electron chi connectivity index (χ0n) is 14.4. The number of hydrazone groups is 1. The molecule has 3 aromatic rings. The molecule has 26 heavy (non-hydrogen) atoms. The lowest BCUT2D eigenvalue weighted by Gasteiger charge is -2.11. The lowest BCUT2D eigenvalue weighted by Crippen LogP contribution is -2.06. The van der Waals surface area contributed by atoms with Crippen molar-refractivity contribution < 1.29 is 0 Å². The second kappa shape index (κ2) is 8.17. The largest absolute Gasteiger partial charge is 0.316 e. The number of aromatic nitrogens is 1. The van der Waals surface area contributed by atoms with E-state index in [9.17, 15) is 0 Å². The molecule has 0 atom stereocenters. The number of aryl methyl sites for hydroxylation is 1. The first-order valence-electron chi connectivity index (χ1n) is 8.11. The summed E-state index contributed by atoms with van der Waals surface area (Å²) in [7, 11) is 0. The predicted molar refractivity (Wildman–Crippen MR) is 111 cm³/mol. The van der Waals surface area contributed by atoms with Gasteiger partial charge in [0.05, 0.1) is 23.5 Å². The first-order valence-corrected chi connectivity index (χ1v) is 9.24. The van der Waals surface area contributed by atoms with Crippen molar-refractivity contribution in [1.29, 1.82) is 0 Å². The SMILES string of the molecule is Cc1cc(/C=N\NCc2ccccc2Cl)c(C)n1-c1ccc(Cl)cc1Cl. The number of hydrogen-bond acceptors (Lipinski definition) is 2. The zero-order valence-corrected chi connectivity index (χ0v) is 16.7. The molecule has 6 heteroatoms. The first kappa shape index (κ1) is 18.8. The van der Waals surface area contributed by atoms with E-state index in [4.69, 9.17) is 34.8 Å². The van der Waals surface area contributed by atoms with Crippen molar-refractivity contribution >= 4 is 41.0 Å². The fourth-order valence-corrected chi connectivity index (χ4v) is 3.53. The zero-order chi connectivity index (χ0) is 18.7. The molecule has 1 aromatic heterocycles. The van der Waals surface area contributed by atoms with Gasteiger partial charge in [0.15, 0.2) is 0 Å². The normalized spacial score (nSPS) is 11.3. The fourth-order valence-electron chi connectivity index (χ4n) is 2.84. The van der Waals surface area contributed by atoms with E-state index in [1.807, 2.05) is 50.2 Å². The van der Waals surface area contributed by atoms with Crippen LogP contribution in [0.4, 0.5) is 0 Å². The minimum absolute atomic E-state index is 0.567.